The number of fused-ring (bicyclic) bond motifs is 1. The average molecular weight is 534 g/mol. The van der Waals surface area contributed by atoms with Gasteiger partial charge in [0.05, 0.1) is 5.69 Å². The summed E-state index contributed by atoms with van der Waals surface area (Å²) < 4.78 is 12.9. The van der Waals surface area contributed by atoms with E-state index in [1.807, 2.05) is 42.5 Å². The Morgan fingerprint density at radius 2 is 1.90 bits per heavy atom. The molecule has 204 valence electrons. The number of hydrogen-bond acceptors (Lipinski definition) is 6. The van der Waals surface area contributed by atoms with Crippen molar-refractivity contribution in [2.75, 3.05) is 19.7 Å². The van der Waals surface area contributed by atoms with Gasteiger partial charge in [-0.1, -0.05) is 31.2 Å². The molecule has 1 aromatic heterocycles. The van der Waals surface area contributed by atoms with E-state index in [2.05, 4.69) is 53.8 Å². The van der Waals surface area contributed by atoms with Crippen LogP contribution in [0.3, 0.4) is 0 Å². The Morgan fingerprint density at radius 3 is 2.62 bits per heavy atom. The van der Waals surface area contributed by atoms with Crippen molar-refractivity contribution in [1.82, 2.24) is 14.9 Å². The highest BCUT2D eigenvalue weighted by Crippen LogP contribution is 2.47. The molecule has 3 heterocycles. The first-order valence-corrected chi connectivity index (χ1v) is 14.0. The number of benzene rings is 3. The number of allylic oxidation sites excluding steroid dienone is 1. The van der Waals surface area contributed by atoms with Gasteiger partial charge in [-0.3, -0.25) is 4.90 Å². The summed E-state index contributed by atoms with van der Waals surface area (Å²) in [5, 5.41) is 10.3. The Labute approximate surface area is 236 Å². The first-order valence-electron chi connectivity index (χ1n) is 14.0. The SMILES string of the molecule is CC1=C(c2cccc(O)c2)C(c2ccc(OC[C@H](C)N3CC[C@@H](C)C3)cc2)Oc2ccc(-c3ccncn3)cc21. The molecule has 6 heteroatoms. The number of hydrogen-bond donors (Lipinski definition) is 1. The molecule has 40 heavy (non-hydrogen) atoms. The number of phenols is 1. The summed E-state index contributed by atoms with van der Waals surface area (Å²) in [6.07, 6.45) is 4.23. The summed E-state index contributed by atoms with van der Waals surface area (Å²) in [7, 11) is 0. The zero-order valence-corrected chi connectivity index (χ0v) is 23.2. The molecular formula is C34H35N3O3. The molecule has 0 bridgehead atoms. The summed E-state index contributed by atoms with van der Waals surface area (Å²) in [5.41, 5.74) is 6.94. The number of likely N-dealkylation sites (tertiary alicyclic amines) is 1. The Morgan fingerprint density at radius 1 is 1.05 bits per heavy atom. The van der Waals surface area contributed by atoms with Gasteiger partial charge in [-0.05, 0) is 98.0 Å². The van der Waals surface area contributed by atoms with Crippen molar-refractivity contribution in [3.8, 4) is 28.5 Å². The van der Waals surface area contributed by atoms with Crippen LogP contribution in [0.5, 0.6) is 17.2 Å². The van der Waals surface area contributed by atoms with Gasteiger partial charge in [0.1, 0.15) is 36.3 Å². The van der Waals surface area contributed by atoms with E-state index in [4.69, 9.17) is 9.47 Å². The van der Waals surface area contributed by atoms with Crippen molar-refractivity contribution < 1.29 is 14.6 Å². The highest BCUT2D eigenvalue weighted by Gasteiger charge is 2.30. The quantitative estimate of drug-likeness (QED) is 0.275. The molecule has 2 aliphatic heterocycles. The molecule has 0 saturated carbocycles. The zero-order valence-electron chi connectivity index (χ0n) is 23.2. The van der Waals surface area contributed by atoms with Crippen LogP contribution in [-0.4, -0.2) is 45.7 Å². The molecular weight excluding hydrogens is 498 g/mol. The second-order valence-electron chi connectivity index (χ2n) is 11.0. The molecule has 4 aromatic rings. The van der Waals surface area contributed by atoms with Gasteiger partial charge in [-0.15, -0.1) is 0 Å². The number of phenolic OH excluding ortho intramolecular Hbond substituents is 1. The number of ether oxygens (including phenoxy) is 2. The van der Waals surface area contributed by atoms with E-state index >= 15 is 0 Å². The standard InChI is InChI=1S/C34H35N3O3/c1-22-14-16-37(19-22)23(2)20-39-29-10-7-25(8-11-29)34-33(27-5-4-6-28(38)17-27)24(3)30-18-26(9-12-32(30)40-34)31-13-15-35-21-36-31/h4-13,15,17-18,21-23,34,38H,14,16,19-20H2,1-3H3/t22-,23+,34?/m1/s1. The monoisotopic (exact) mass is 533 g/mol. The largest absolute Gasteiger partial charge is 0.508 e. The van der Waals surface area contributed by atoms with Gasteiger partial charge >= 0.3 is 0 Å². The molecule has 0 spiro atoms. The van der Waals surface area contributed by atoms with E-state index in [1.54, 1.807) is 24.7 Å². The van der Waals surface area contributed by atoms with Crippen molar-refractivity contribution in [3.63, 3.8) is 0 Å². The topological polar surface area (TPSA) is 67.7 Å². The number of aromatic nitrogens is 2. The molecule has 1 N–H and O–H groups in total. The van der Waals surface area contributed by atoms with Gasteiger partial charge in [0.15, 0.2) is 0 Å². The van der Waals surface area contributed by atoms with E-state index in [1.165, 1.54) is 6.42 Å². The van der Waals surface area contributed by atoms with Crippen LogP contribution in [0.2, 0.25) is 0 Å². The predicted octanol–water partition coefficient (Wildman–Crippen LogP) is 7.02. The number of aromatic hydroxyl groups is 1. The van der Waals surface area contributed by atoms with Gasteiger partial charge in [0.2, 0.25) is 0 Å². The third kappa shape index (κ3) is 5.32. The minimum Gasteiger partial charge on any atom is -0.508 e. The van der Waals surface area contributed by atoms with Gasteiger partial charge in [0, 0.05) is 35.5 Å². The highest BCUT2D eigenvalue weighted by molar-refractivity contribution is 5.96. The van der Waals surface area contributed by atoms with Gasteiger partial charge < -0.3 is 14.6 Å². The van der Waals surface area contributed by atoms with E-state index in [0.717, 1.165) is 69.6 Å². The fourth-order valence-electron chi connectivity index (χ4n) is 5.78. The van der Waals surface area contributed by atoms with Crippen LogP contribution in [0.25, 0.3) is 22.4 Å². The van der Waals surface area contributed by atoms with Crippen molar-refractivity contribution in [2.45, 2.75) is 39.3 Å². The average Bonchev–Trinajstić information content (AvgIpc) is 3.42. The number of nitrogens with zero attached hydrogens (tertiary/aromatic N) is 3. The van der Waals surface area contributed by atoms with Crippen LogP contribution < -0.4 is 9.47 Å². The molecule has 6 rings (SSSR count). The predicted molar refractivity (Wildman–Crippen MR) is 158 cm³/mol. The molecule has 3 aromatic carbocycles. The summed E-state index contributed by atoms with van der Waals surface area (Å²) >= 11 is 0. The molecule has 1 unspecified atom stereocenters. The van der Waals surface area contributed by atoms with Crippen LogP contribution in [0.4, 0.5) is 0 Å². The van der Waals surface area contributed by atoms with E-state index in [0.29, 0.717) is 12.6 Å². The molecule has 0 aliphatic carbocycles. The molecule has 1 fully saturated rings. The molecule has 1 saturated heterocycles. The lowest BCUT2D eigenvalue weighted by Crippen LogP contribution is -2.35. The maximum absolute atomic E-state index is 10.3. The third-order valence-electron chi connectivity index (χ3n) is 8.08. The molecule has 2 aliphatic rings. The van der Waals surface area contributed by atoms with E-state index in [-0.39, 0.29) is 11.9 Å². The van der Waals surface area contributed by atoms with Crippen molar-refractivity contribution in [1.29, 1.82) is 0 Å². The summed E-state index contributed by atoms with van der Waals surface area (Å²) in [4.78, 5) is 11.0. The van der Waals surface area contributed by atoms with Crippen LogP contribution in [0.1, 0.15) is 50.0 Å². The van der Waals surface area contributed by atoms with Crippen molar-refractivity contribution >= 4 is 11.1 Å². The molecule has 3 atom stereocenters. The lowest BCUT2D eigenvalue weighted by Gasteiger charge is -2.31. The fourth-order valence-corrected chi connectivity index (χ4v) is 5.78. The molecule has 6 nitrogen and oxygen atoms in total. The second kappa shape index (κ2) is 11.1. The first kappa shape index (κ1) is 26.1. The Hall–Kier alpha value is -4.16. The lowest BCUT2D eigenvalue weighted by molar-refractivity contribution is 0.169. The molecule has 0 amide bonds. The maximum atomic E-state index is 10.3. The summed E-state index contributed by atoms with van der Waals surface area (Å²) in [5.74, 6) is 2.66. The Balaban J connectivity index is 1.30. The van der Waals surface area contributed by atoms with Crippen LogP contribution in [-0.2, 0) is 0 Å². The fraction of sp³-hybridized carbons (Fsp3) is 0.294. The van der Waals surface area contributed by atoms with E-state index < -0.39 is 0 Å². The summed E-state index contributed by atoms with van der Waals surface area (Å²) in [6.45, 7) is 9.64. The van der Waals surface area contributed by atoms with Crippen molar-refractivity contribution in [3.05, 3.63) is 102 Å². The van der Waals surface area contributed by atoms with Gasteiger partial charge in [-0.25, -0.2) is 9.97 Å². The highest BCUT2D eigenvalue weighted by atomic mass is 16.5. The third-order valence-corrected chi connectivity index (χ3v) is 8.08. The summed E-state index contributed by atoms with van der Waals surface area (Å²) in [6, 6.07) is 24.1. The smallest absolute Gasteiger partial charge is 0.150 e. The maximum Gasteiger partial charge on any atom is 0.150 e. The first-order chi connectivity index (χ1) is 19.5. The number of rotatable bonds is 7. The van der Waals surface area contributed by atoms with Crippen molar-refractivity contribution in [2.24, 2.45) is 5.92 Å². The lowest BCUT2D eigenvalue weighted by atomic mass is 9.85. The van der Waals surface area contributed by atoms with Gasteiger partial charge in [0.25, 0.3) is 0 Å². The second-order valence-corrected chi connectivity index (χ2v) is 11.0. The van der Waals surface area contributed by atoms with Crippen LogP contribution >= 0.6 is 0 Å². The zero-order chi connectivity index (χ0) is 27.6. The van der Waals surface area contributed by atoms with Crippen LogP contribution in [0, 0.1) is 5.92 Å². The Kier molecular flexibility index (Phi) is 7.27. The van der Waals surface area contributed by atoms with Gasteiger partial charge in [-0.2, -0.15) is 0 Å². The van der Waals surface area contributed by atoms with Crippen LogP contribution in [0.15, 0.2) is 85.3 Å². The van der Waals surface area contributed by atoms with E-state index in [9.17, 15) is 5.11 Å². The minimum atomic E-state index is -0.335. The Bertz CT molecular complexity index is 1520. The normalized spacial score (nSPS) is 19.7. The molecule has 0 radical (unpaired) electrons. The minimum absolute atomic E-state index is 0.224.